The van der Waals surface area contributed by atoms with Gasteiger partial charge in [0.25, 0.3) is 5.17 Å². The average molecular weight is 331 g/mol. The molecule has 1 aromatic rings. The van der Waals surface area contributed by atoms with Gasteiger partial charge in [-0.25, -0.2) is 0 Å². The molecule has 0 radical (unpaired) electrons. The molecule has 23 heavy (non-hydrogen) atoms. The van der Waals surface area contributed by atoms with Crippen LogP contribution >= 0.6 is 12.2 Å². The third kappa shape index (κ3) is 6.39. The summed E-state index contributed by atoms with van der Waals surface area (Å²) in [6.45, 7) is 10.0. The number of ether oxygens (including phenoxy) is 1. The number of hydrogen-bond donors (Lipinski definition) is 1. The summed E-state index contributed by atoms with van der Waals surface area (Å²) >= 11 is 5.10. The molecule has 0 saturated carbocycles. The topological polar surface area (TPSA) is 50.9 Å². The molecule has 0 aliphatic carbocycles. The Morgan fingerprint density at radius 3 is 2.65 bits per heavy atom. The van der Waals surface area contributed by atoms with Crippen LogP contribution in [0.4, 0.5) is 0 Å². The van der Waals surface area contributed by atoms with E-state index in [-0.39, 0.29) is 11.0 Å². The van der Waals surface area contributed by atoms with Crippen LogP contribution in [0.15, 0.2) is 17.1 Å². The average Bonchev–Trinajstić information content (AvgIpc) is 2.48. The van der Waals surface area contributed by atoms with Crippen LogP contribution in [0.3, 0.4) is 0 Å². The predicted molar refractivity (Wildman–Crippen MR) is 101 cm³/mol. The van der Waals surface area contributed by atoms with Crippen LogP contribution in [-0.2, 0) is 6.42 Å². The van der Waals surface area contributed by atoms with E-state index in [4.69, 9.17) is 22.7 Å². The number of benzene rings is 1. The maximum atomic E-state index is 5.63. The summed E-state index contributed by atoms with van der Waals surface area (Å²) < 4.78 is 5.63. The Morgan fingerprint density at radius 2 is 2.04 bits per heavy atom. The Labute approximate surface area is 144 Å². The van der Waals surface area contributed by atoms with Crippen molar-refractivity contribution in [2.75, 3.05) is 20.1 Å². The molecular weight excluding hydrogens is 306 g/mol. The fraction of sp³-hybridized carbons (Fsp3) is 0.444. The molecule has 0 unspecified atom stereocenters. The molecule has 0 aliphatic rings. The zero-order chi connectivity index (χ0) is 17.4. The molecule has 1 rings (SSSR count). The first-order valence-corrected chi connectivity index (χ1v) is 8.05. The van der Waals surface area contributed by atoms with Gasteiger partial charge in [-0.3, -0.25) is 0 Å². The van der Waals surface area contributed by atoms with Crippen molar-refractivity contribution in [2.24, 2.45) is 10.7 Å². The van der Waals surface area contributed by atoms with Crippen LogP contribution in [0.5, 0.6) is 5.75 Å². The number of amidine groups is 1. The van der Waals surface area contributed by atoms with E-state index in [0.717, 1.165) is 25.1 Å². The highest BCUT2D eigenvalue weighted by atomic mass is 32.1. The van der Waals surface area contributed by atoms with E-state index in [2.05, 4.69) is 48.7 Å². The van der Waals surface area contributed by atoms with Crippen LogP contribution in [0.25, 0.3) is 0 Å². The minimum absolute atomic E-state index is 0.0752. The summed E-state index contributed by atoms with van der Waals surface area (Å²) in [6.07, 6.45) is 1.01. The number of nitrogens with zero attached hydrogens (tertiary/aromatic N) is 2. The second-order valence-corrected chi connectivity index (χ2v) is 5.78. The Morgan fingerprint density at radius 1 is 1.35 bits per heavy atom. The lowest BCUT2D eigenvalue weighted by Crippen LogP contribution is -2.20. The Hall–Kier alpha value is -1.90. The molecule has 0 amide bonds. The summed E-state index contributed by atoms with van der Waals surface area (Å²) in [4.78, 5) is 6.24. The molecule has 5 heteroatoms. The van der Waals surface area contributed by atoms with E-state index < -0.39 is 0 Å². The number of nitrogens with two attached hydrogens (primary N) is 1. The van der Waals surface area contributed by atoms with Crippen LogP contribution in [0.2, 0.25) is 0 Å². The number of thiocarbonyl (C=S) groups is 1. The van der Waals surface area contributed by atoms with E-state index in [0.29, 0.717) is 5.75 Å². The van der Waals surface area contributed by atoms with E-state index in [9.17, 15) is 0 Å². The van der Waals surface area contributed by atoms with Gasteiger partial charge >= 0.3 is 0 Å². The fourth-order valence-electron chi connectivity index (χ4n) is 2.07. The molecule has 124 valence electrons. The van der Waals surface area contributed by atoms with Crippen molar-refractivity contribution in [1.29, 1.82) is 0 Å². The molecule has 1 aromatic carbocycles. The summed E-state index contributed by atoms with van der Waals surface area (Å²) in [5.74, 6) is 6.17. The lowest BCUT2D eigenvalue weighted by Gasteiger charge is -2.16. The highest BCUT2D eigenvalue weighted by Gasteiger charge is 2.09. The third-order valence-electron chi connectivity index (χ3n) is 3.60. The van der Waals surface area contributed by atoms with Gasteiger partial charge in [0, 0.05) is 6.54 Å². The first-order chi connectivity index (χ1) is 10.9. The van der Waals surface area contributed by atoms with Gasteiger partial charge in [0.2, 0.25) is 0 Å². The van der Waals surface area contributed by atoms with Gasteiger partial charge in [0.1, 0.15) is 5.75 Å². The first kappa shape index (κ1) is 19.1. The molecule has 0 aliphatic heterocycles. The second kappa shape index (κ2) is 9.29. The van der Waals surface area contributed by atoms with Crippen LogP contribution < -0.4 is 10.5 Å². The number of aryl methyl sites for hydroxylation is 2. The maximum Gasteiger partial charge on any atom is 0.291 e. The first-order valence-electron chi connectivity index (χ1n) is 7.64. The third-order valence-corrected chi connectivity index (χ3v) is 3.77. The minimum Gasteiger partial charge on any atom is -0.430 e. The van der Waals surface area contributed by atoms with E-state index in [1.807, 2.05) is 13.0 Å². The summed E-state index contributed by atoms with van der Waals surface area (Å²) in [6, 6.07) is 4.15. The molecule has 0 spiro atoms. The summed E-state index contributed by atoms with van der Waals surface area (Å²) in [7, 11) is 2.12. The standard InChI is InChI=1S/C18H25N3OS/c1-6-8-17(19)20-18(23)22-16-12-13(3)15(11-14(16)4)9-10-21(5)7-2/h11-12H,7,9-10H2,1-5H3,(H2,19,20,23). The van der Waals surface area contributed by atoms with E-state index in [1.165, 1.54) is 11.1 Å². The van der Waals surface area contributed by atoms with Crippen molar-refractivity contribution in [2.45, 2.75) is 34.1 Å². The second-order valence-electron chi connectivity index (χ2n) is 5.43. The van der Waals surface area contributed by atoms with Crippen molar-refractivity contribution in [3.8, 4) is 17.6 Å². The fourth-order valence-corrected chi connectivity index (χ4v) is 2.26. The number of rotatable bonds is 5. The van der Waals surface area contributed by atoms with Gasteiger partial charge in [-0.2, -0.15) is 4.99 Å². The maximum absolute atomic E-state index is 5.63. The molecule has 2 N–H and O–H groups in total. The van der Waals surface area contributed by atoms with Gasteiger partial charge in [0.05, 0.1) is 0 Å². The lowest BCUT2D eigenvalue weighted by molar-refractivity contribution is 0.357. The smallest absolute Gasteiger partial charge is 0.291 e. The molecule has 0 bridgehead atoms. The largest absolute Gasteiger partial charge is 0.430 e. The molecule has 0 saturated heterocycles. The zero-order valence-electron chi connectivity index (χ0n) is 14.6. The van der Waals surface area contributed by atoms with E-state index in [1.54, 1.807) is 6.92 Å². The van der Waals surface area contributed by atoms with Crippen LogP contribution in [0.1, 0.15) is 30.5 Å². The Kier molecular flexibility index (Phi) is 7.73. The molecule has 0 aromatic heterocycles. The molecule has 0 atom stereocenters. The van der Waals surface area contributed by atoms with Crippen molar-refractivity contribution in [3.05, 3.63) is 28.8 Å². The highest BCUT2D eigenvalue weighted by Crippen LogP contribution is 2.24. The number of likely N-dealkylation sites (N-methyl/N-ethyl adjacent to an activating group) is 1. The Bertz CT molecular complexity index is 656. The normalized spacial score (nSPS) is 11.1. The van der Waals surface area contributed by atoms with Crippen molar-refractivity contribution < 1.29 is 4.74 Å². The van der Waals surface area contributed by atoms with Crippen molar-refractivity contribution in [1.82, 2.24) is 4.90 Å². The highest BCUT2D eigenvalue weighted by molar-refractivity contribution is 7.80. The molecule has 0 heterocycles. The quantitative estimate of drug-likeness (QED) is 0.390. The van der Waals surface area contributed by atoms with Crippen molar-refractivity contribution >= 4 is 23.2 Å². The van der Waals surface area contributed by atoms with Gasteiger partial charge in [0.15, 0.2) is 5.84 Å². The minimum atomic E-state index is 0.0752. The lowest BCUT2D eigenvalue weighted by atomic mass is 10.0. The van der Waals surface area contributed by atoms with Crippen molar-refractivity contribution in [3.63, 3.8) is 0 Å². The summed E-state index contributed by atoms with van der Waals surface area (Å²) in [5, 5.41) is 0.0752. The van der Waals surface area contributed by atoms with Gasteiger partial charge < -0.3 is 15.4 Å². The molecule has 0 fully saturated rings. The van der Waals surface area contributed by atoms with E-state index >= 15 is 0 Å². The number of aliphatic imine (C=N–C) groups is 1. The SMILES string of the molecule is CC#CC(N)=NC(=S)Oc1cc(C)c(CCN(C)CC)cc1C. The zero-order valence-corrected chi connectivity index (χ0v) is 15.4. The number of hydrogen-bond acceptors (Lipinski definition) is 3. The van der Waals surface area contributed by atoms with Gasteiger partial charge in [-0.1, -0.05) is 18.9 Å². The van der Waals surface area contributed by atoms with Gasteiger partial charge in [-0.15, -0.1) is 0 Å². The van der Waals surface area contributed by atoms with Crippen LogP contribution in [0, 0.1) is 25.7 Å². The van der Waals surface area contributed by atoms with Crippen LogP contribution in [-0.4, -0.2) is 36.0 Å². The molecule has 4 nitrogen and oxygen atoms in total. The molecular formula is C18H25N3OS. The van der Waals surface area contributed by atoms with Gasteiger partial charge in [-0.05, 0) is 81.7 Å². The summed E-state index contributed by atoms with van der Waals surface area (Å²) in [5.41, 5.74) is 9.15. The predicted octanol–water partition coefficient (Wildman–Crippen LogP) is 2.84. The monoisotopic (exact) mass is 331 g/mol. The Balaban J connectivity index is 2.85.